The van der Waals surface area contributed by atoms with E-state index in [0.717, 1.165) is 11.1 Å². The molecule has 3 heteroatoms. The van der Waals surface area contributed by atoms with Gasteiger partial charge in [0.05, 0.1) is 12.5 Å². The van der Waals surface area contributed by atoms with Gasteiger partial charge in [0, 0.05) is 6.54 Å². The monoisotopic (exact) mass is 182 g/mol. The van der Waals surface area contributed by atoms with Crippen molar-refractivity contribution in [1.82, 2.24) is 0 Å². The minimum Gasteiger partial charge on any atom is -0.326 e. The summed E-state index contributed by atoms with van der Waals surface area (Å²) in [6.45, 7) is 0.541. The van der Waals surface area contributed by atoms with Crippen LogP contribution in [-0.4, -0.2) is 0 Å². The lowest BCUT2D eigenvalue weighted by Crippen LogP contribution is -1.96. The van der Waals surface area contributed by atoms with Crippen LogP contribution in [0, 0.1) is 11.3 Å². The molecule has 2 nitrogen and oxygen atoms in total. The van der Waals surface area contributed by atoms with Crippen molar-refractivity contribution in [1.29, 1.82) is 5.26 Å². The molecule has 1 rings (SSSR count). The third-order valence-electron chi connectivity index (χ3n) is 1.51. The molecule has 1 aromatic rings. The van der Waals surface area contributed by atoms with E-state index >= 15 is 0 Å². The maximum atomic E-state index is 8.40. The Kier molecular flexibility index (Phi) is 5.11. The van der Waals surface area contributed by atoms with E-state index in [1.807, 2.05) is 24.3 Å². The smallest absolute Gasteiger partial charge is 0.0669 e. The van der Waals surface area contributed by atoms with Gasteiger partial charge in [0.1, 0.15) is 0 Å². The third kappa shape index (κ3) is 2.91. The highest BCUT2D eigenvalue weighted by molar-refractivity contribution is 5.85. The molecule has 0 saturated heterocycles. The zero-order chi connectivity index (χ0) is 8.10. The molecule has 0 radical (unpaired) electrons. The highest BCUT2D eigenvalue weighted by Crippen LogP contribution is 2.04. The topological polar surface area (TPSA) is 49.8 Å². The number of hydrogen-bond donors (Lipinski definition) is 1. The minimum absolute atomic E-state index is 0. The molecule has 2 N–H and O–H groups in total. The number of nitriles is 1. The fourth-order valence-electron chi connectivity index (χ4n) is 0.958. The molecule has 0 unspecified atom stereocenters. The molecule has 0 aliphatic carbocycles. The quantitative estimate of drug-likeness (QED) is 0.756. The molecule has 0 spiro atoms. The molecule has 64 valence electrons. The van der Waals surface area contributed by atoms with Crippen molar-refractivity contribution in [2.24, 2.45) is 5.73 Å². The van der Waals surface area contributed by atoms with E-state index in [0.29, 0.717) is 13.0 Å². The van der Waals surface area contributed by atoms with E-state index in [-0.39, 0.29) is 12.4 Å². The van der Waals surface area contributed by atoms with Crippen LogP contribution in [0.3, 0.4) is 0 Å². The first-order valence-corrected chi connectivity index (χ1v) is 3.51. The zero-order valence-corrected chi connectivity index (χ0v) is 7.47. The SMILES string of the molecule is Cl.N#CCc1cccc(CN)c1. The lowest BCUT2D eigenvalue weighted by Gasteiger charge is -1.97. The largest absolute Gasteiger partial charge is 0.326 e. The number of nitrogens with zero attached hydrogens (tertiary/aromatic N) is 1. The summed E-state index contributed by atoms with van der Waals surface area (Å²) in [5, 5.41) is 8.40. The van der Waals surface area contributed by atoms with Crippen LogP contribution >= 0.6 is 12.4 Å². The number of benzene rings is 1. The van der Waals surface area contributed by atoms with Crippen LogP contribution < -0.4 is 5.73 Å². The van der Waals surface area contributed by atoms with E-state index < -0.39 is 0 Å². The standard InChI is InChI=1S/C9H10N2.ClH/c10-5-4-8-2-1-3-9(6-8)7-11;/h1-3,6H,4,7,11H2;1H. The summed E-state index contributed by atoms with van der Waals surface area (Å²) in [6, 6.07) is 9.87. The number of halogens is 1. The van der Waals surface area contributed by atoms with Gasteiger partial charge in [-0.25, -0.2) is 0 Å². The van der Waals surface area contributed by atoms with Gasteiger partial charge in [-0.05, 0) is 11.1 Å². The molecule has 12 heavy (non-hydrogen) atoms. The minimum atomic E-state index is 0. The van der Waals surface area contributed by atoms with Crippen molar-refractivity contribution in [3.05, 3.63) is 35.4 Å². The fourth-order valence-corrected chi connectivity index (χ4v) is 0.958. The van der Waals surface area contributed by atoms with Gasteiger partial charge in [0.15, 0.2) is 0 Å². The van der Waals surface area contributed by atoms with Crippen molar-refractivity contribution in [2.45, 2.75) is 13.0 Å². The summed E-state index contributed by atoms with van der Waals surface area (Å²) in [5.41, 5.74) is 7.55. The summed E-state index contributed by atoms with van der Waals surface area (Å²) in [7, 11) is 0. The Morgan fingerprint density at radius 2 is 2.00 bits per heavy atom. The first-order valence-electron chi connectivity index (χ1n) is 3.51. The van der Waals surface area contributed by atoms with Crippen LogP contribution in [0.25, 0.3) is 0 Å². The number of hydrogen-bond acceptors (Lipinski definition) is 2. The third-order valence-corrected chi connectivity index (χ3v) is 1.51. The van der Waals surface area contributed by atoms with E-state index in [2.05, 4.69) is 6.07 Å². The lowest BCUT2D eigenvalue weighted by molar-refractivity contribution is 1.06. The average molecular weight is 183 g/mol. The predicted octanol–water partition coefficient (Wildman–Crippen LogP) is 1.63. The molecule has 0 atom stereocenters. The van der Waals surface area contributed by atoms with Crippen molar-refractivity contribution in [2.75, 3.05) is 0 Å². The normalized spacial score (nSPS) is 8.33. The van der Waals surface area contributed by atoms with Gasteiger partial charge in [0.25, 0.3) is 0 Å². The van der Waals surface area contributed by atoms with E-state index in [4.69, 9.17) is 11.0 Å². The van der Waals surface area contributed by atoms with Crippen LogP contribution in [0.5, 0.6) is 0 Å². The maximum Gasteiger partial charge on any atom is 0.0669 e. The molecule has 0 bridgehead atoms. The second-order valence-electron chi connectivity index (χ2n) is 2.36. The van der Waals surface area contributed by atoms with E-state index in [1.165, 1.54) is 0 Å². The second kappa shape index (κ2) is 5.59. The zero-order valence-electron chi connectivity index (χ0n) is 6.66. The summed E-state index contributed by atoms with van der Waals surface area (Å²) >= 11 is 0. The summed E-state index contributed by atoms with van der Waals surface area (Å²) in [4.78, 5) is 0. The molecule has 0 aliphatic heterocycles. The average Bonchev–Trinajstić information content (AvgIpc) is 2.06. The van der Waals surface area contributed by atoms with Gasteiger partial charge in [-0.1, -0.05) is 24.3 Å². The van der Waals surface area contributed by atoms with Crippen molar-refractivity contribution in [3.8, 4) is 6.07 Å². The Labute approximate surface area is 78.4 Å². The van der Waals surface area contributed by atoms with Gasteiger partial charge in [-0.3, -0.25) is 0 Å². The van der Waals surface area contributed by atoms with Crippen molar-refractivity contribution in [3.63, 3.8) is 0 Å². The Balaban J connectivity index is 0.00000121. The molecule has 0 aromatic heterocycles. The number of nitrogens with two attached hydrogens (primary N) is 1. The van der Waals surface area contributed by atoms with Crippen LogP contribution in [-0.2, 0) is 13.0 Å². The van der Waals surface area contributed by atoms with Crippen molar-refractivity contribution >= 4 is 12.4 Å². The molecule has 0 amide bonds. The van der Waals surface area contributed by atoms with Crippen LogP contribution in [0.2, 0.25) is 0 Å². The molecule has 0 saturated carbocycles. The molecule has 0 aliphatic rings. The summed E-state index contributed by atoms with van der Waals surface area (Å²) < 4.78 is 0. The van der Waals surface area contributed by atoms with Crippen molar-refractivity contribution < 1.29 is 0 Å². The van der Waals surface area contributed by atoms with Gasteiger partial charge >= 0.3 is 0 Å². The molecular formula is C9H11ClN2. The van der Waals surface area contributed by atoms with Gasteiger partial charge in [-0.15, -0.1) is 12.4 Å². The van der Waals surface area contributed by atoms with Gasteiger partial charge in [-0.2, -0.15) is 5.26 Å². The van der Waals surface area contributed by atoms with E-state index in [1.54, 1.807) is 0 Å². The van der Waals surface area contributed by atoms with Gasteiger partial charge < -0.3 is 5.73 Å². The van der Waals surface area contributed by atoms with Crippen LogP contribution in [0.1, 0.15) is 11.1 Å². The van der Waals surface area contributed by atoms with E-state index in [9.17, 15) is 0 Å². The Morgan fingerprint density at radius 1 is 1.33 bits per heavy atom. The first-order chi connectivity index (χ1) is 5.36. The predicted molar refractivity (Wildman–Crippen MR) is 50.9 cm³/mol. The second-order valence-corrected chi connectivity index (χ2v) is 2.36. The molecule has 1 aromatic carbocycles. The Morgan fingerprint density at radius 3 is 2.58 bits per heavy atom. The first kappa shape index (κ1) is 11.0. The highest BCUT2D eigenvalue weighted by Gasteiger charge is 1.92. The molecule has 0 fully saturated rings. The summed E-state index contributed by atoms with van der Waals surface area (Å²) in [5.74, 6) is 0. The van der Waals surface area contributed by atoms with Crippen LogP contribution in [0.15, 0.2) is 24.3 Å². The van der Waals surface area contributed by atoms with Crippen LogP contribution in [0.4, 0.5) is 0 Å². The molecular weight excluding hydrogens is 172 g/mol. The van der Waals surface area contributed by atoms with Gasteiger partial charge in [0.2, 0.25) is 0 Å². The Bertz CT molecular complexity index is 278. The Hall–Kier alpha value is -1.04. The maximum absolute atomic E-state index is 8.40. The lowest BCUT2D eigenvalue weighted by atomic mass is 10.1. The fraction of sp³-hybridized carbons (Fsp3) is 0.222. The summed E-state index contributed by atoms with van der Waals surface area (Å²) in [6.07, 6.45) is 0.466. The molecule has 0 heterocycles. The highest BCUT2D eigenvalue weighted by atomic mass is 35.5. The number of rotatable bonds is 2.